The largest absolute Gasteiger partial charge is 0.460 e. The molecular formula is C25H50O9. The standard InChI is InChI=1S/C13H26O4.C12H24O5/c1-5-8-15-10-11-16-9-6-7-12(14)17-13(2,3)4;1-12(2,3)17-11(14)5-4-7-15-9-10-16-8-6-13/h5-11H2,1-4H3;13H,4-10H2,1-3H3. The van der Waals surface area contributed by atoms with Gasteiger partial charge < -0.3 is 33.5 Å². The van der Waals surface area contributed by atoms with Gasteiger partial charge in [-0.15, -0.1) is 0 Å². The number of carbonyl (C=O) groups is 2. The van der Waals surface area contributed by atoms with Crippen molar-refractivity contribution in [2.24, 2.45) is 0 Å². The lowest BCUT2D eigenvalue weighted by atomic mass is 10.2. The number of hydrogen-bond acceptors (Lipinski definition) is 9. The Bertz CT molecular complexity index is 438. The Morgan fingerprint density at radius 1 is 0.588 bits per heavy atom. The summed E-state index contributed by atoms with van der Waals surface area (Å²) in [5, 5.41) is 8.44. The van der Waals surface area contributed by atoms with E-state index in [9.17, 15) is 9.59 Å². The number of carbonyl (C=O) groups excluding carboxylic acids is 2. The minimum Gasteiger partial charge on any atom is -0.460 e. The molecule has 0 unspecified atom stereocenters. The molecule has 0 aliphatic heterocycles. The normalized spacial score (nSPS) is 11.5. The van der Waals surface area contributed by atoms with Gasteiger partial charge in [-0.3, -0.25) is 9.59 Å². The molecule has 0 rings (SSSR count). The number of hydrogen-bond donors (Lipinski definition) is 1. The maximum Gasteiger partial charge on any atom is 0.306 e. The smallest absolute Gasteiger partial charge is 0.306 e. The minimum absolute atomic E-state index is 0.0264. The van der Waals surface area contributed by atoms with Crippen LogP contribution in [-0.2, 0) is 38.0 Å². The van der Waals surface area contributed by atoms with Crippen LogP contribution in [0.25, 0.3) is 0 Å². The monoisotopic (exact) mass is 494 g/mol. The van der Waals surface area contributed by atoms with Crippen LogP contribution in [0, 0.1) is 0 Å². The summed E-state index contributed by atoms with van der Waals surface area (Å²) in [6.45, 7) is 17.6. The molecule has 0 radical (unpaired) electrons. The fraction of sp³-hybridized carbons (Fsp3) is 0.920. The molecule has 1 N–H and O–H groups in total. The van der Waals surface area contributed by atoms with Crippen molar-refractivity contribution in [3.63, 3.8) is 0 Å². The third-order valence-corrected chi connectivity index (χ3v) is 3.51. The number of ether oxygens (including phenoxy) is 6. The molecule has 0 atom stereocenters. The van der Waals surface area contributed by atoms with Crippen LogP contribution in [-0.4, -0.2) is 87.7 Å². The summed E-state index contributed by atoms with van der Waals surface area (Å²) in [4.78, 5) is 22.6. The molecule has 0 saturated heterocycles. The molecule has 0 fully saturated rings. The summed E-state index contributed by atoms with van der Waals surface area (Å²) in [6.07, 6.45) is 3.15. The van der Waals surface area contributed by atoms with Crippen LogP contribution in [0.1, 0.15) is 80.6 Å². The first kappa shape index (κ1) is 34.9. The van der Waals surface area contributed by atoms with E-state index in [0.717, 1.165) is 13.0 Å². The lowest BCUT2D eigenvalue weighted by molar-refractivity contribution is -0.156. The van der Waals surface area contributed by atoms with Crippen LogP contribution in [0.3, 0.4) is 0 Å². The molecule has 0 aromatic heterocycles. The van der Waals surface area contributed by atoms with Crippen molar-refractivity contribution in [3.05, 3.63) is 0 Å². The van der Waals surface area contributed by atoms with E-state index in [0.29, 0.717) is 71.9 Å². The van der Waals surface area contributed by atoms with Crippen LogP contribution in [0.4, 0.5) is 0 Å². The molecule has 0 aromatic rings. The Morgan fingerprint density at radius 2 is 0.941 bits per heavy atom. The number of aliphatic hydroxyl groups is 1. The summed E-state index contributed by atoms with van der Waals surface area (Å²) < 4.78 is 31.2. The lowest BCUT2D eigenvalue weighted by Crippen LogP contribution is -2.23. The van der Waals surface area contributed by atoms with E-state index in [-0.39, 0.29) is 18.5 Å². The van der Waals surface area contributed by atoms with E-state index in [1.54, 1.807) is 0 Å². The molecule has 9 heteroatoms. The van der Waals surface area contributed by atoms with Gasteiger partial charge in [0.05, 0.1) is 39.6 Å². The maximum absolute atomic E-state index is 11.3. The van der Waals surface area contributed by atoms with E-state index in [1.165, 1.54) is 0 Å². The highest BCUT2D eigenvalue weighted by Crippen LogP contribution is 2.09. The van der Waals surface area contributed by atoms with Gasteiger partial charge in [0, 0.05) is 32.7 Å². The van der Waals surface area contributed by atoms with Gasteiger partial charge in [0.15, 0.2) is 0 Å². The van der Waals surface area contributed by atoms with E-state index in [4.69, 9.17) is 33.5 Å². The number of rotatable bonds is 18. The van der Waals surface area contributed by atoms with Gasteiger partial charge in [0.1, 0.15) is 11.2 Å². The van der Waals surface area contributed by atoms with Crippen molar-refractivity contribution in [1.29, 1.82) is 0 Å². The predicted molar refractivity (Wildman–Crippen MR) is 131 cm³/mol. The molecule has 34 heavy (non-hydrogen) atoms. The fourth-order valence-electron chi connectivity index (χ4n) is 2.28. The molecule has 0 heterocycles. The Kier molecular flexibility index (Phi) is 22.8. The Balaban J connectivity index is 0. The third-order valence-electron chi connectivity index (χ3n) is 3.51. The molecule has 204 valence electrons. The fourth-order valence-corrected chi connectivity index (χ4v) is 2.28. The molecule has 0 bridgehead atoms. The van der Waals surface area contributed by atoms with Gasteiger partial charge in [0.2, 0.25) is 0 Å². The zero-order chi connectivity index (χ0) is 26.3. The summed E-state index contributed by atoms with van der Waals surface area (Å²) in [6, 6.07) is 0. The van der Waals surface area contributed by atoms with Gasteiger partial charge in [-0.25, -0.2) is 0 Å². The Hall–Kier alpha value is -1.26. The highest BCUT2D eigenvalue weighted by molar-refractivity contribution is 5.70. The summed E-state index contributed by atoms with van der Waals surface area (Å²) >= 11 is 0. The lowest BCUT2D eigenvalue weighted by Gasteiger charge is -2.19. The quantitative estimate of drug-likeness (QED) is 0.225. The first-order chi connectivity index (χ1) is 15.9. The first-order valence-electron chi connectivity index (χ1n) is 12.3. The highest BCUT2D eigenvalue weighted by atomic mass is 16.6. The topological polar surface area (TPSA) is 110 Å². The van der Waals surface area contributed by atoms with E-state index >= 15 is 0 Å². The van der Waals surface area contributed by atoms with Gasteiger partial charge in [0.25, 0.3) is 0 Å². The second-order valence-corrected chi connectivity index (χ2v) is 9.55. The summed E-state index contributed by atoms with van der Waals surface area (Å²) in [7, 11) is 0. The zero-order valence-electron chi connectivity index (χ0n) is 22.6. The van der Waals surface area contributed by atoms with Crippen LogP contribution in [0.15, 0.2) is 0 Å². The van der Waals surface area contributed by atoms with Crippen LogP contribution in [0.2, 0.25) is 0 Å². The average molecular weight is 495 g/mol. The van der Waals surface area contributed by atoms with Crippen LogP contribution in [0.5, 0.6) is 0 Å². The first-order valence-corrected chi connectivity index (χ1v) is 12.3. The second kappa shape index (κ2) is 22.2. The highest BCUT2D eigenvalue weighted by Gasteiger charge is 2.16. The van der Waals surface area contributed by atoms with Crippen molar-refractivity contribution < 1.29 is 43.1 Å². The average Bonchev–Trinajstić information content (AvgIpc) is 2.70. The third kappa shape index (κ3) is 32.9. The second-order valence-electron chi connectivity index (χ2n) is 9.55. The van der Waals surface area contributed by atoms with Gasteiger partial charge in [-0.1, -0.05) is 6.92 Å². The molecular weight excluding hydrogens is 444 g/mol. The van der Waals surface area contributed by atoms with Crippen molar-refractivity contribution >= 4 is 11.9 Å². The van der Waals surface area contributed by atoms with E-state index in [2.05, 4.69) is 6.92 Å². The van der Waals surface area contributed by atoms with Crippen molar-refractivity contribution in [2.75, 3.05) is 59.5 Å². The van der Waals surface area contributed by atoms with Crippen molar-refractivity contribution in [2.45, 2.75) is 91.8 Å². The SMILES string of the molecule is CC(C)(C)OC(=O)CCCOCCOCCO.CCCOCCOCCCC(=O)OC(C)(C)C. The molecule has 0 aromatic carbocycles. The molecule has 0 spiro atoms. The molecule has 0 amide bonds. The Morgan fingerprint density at radius 3 is 1.26 bits per heavy atom. The maximum atomic E-state index is 11.3. The van der Waals surface area contributed by atoms with Gasteiger partial charge in [-0.2, -0.15) is 0 Å². The van der Waals surface area contributed by atoms with Gasteiger partial charge in [-0.05, 0) is 60.8 Å². The Labute approximate surface area is 206 Å². The molecule has 0 aliphatic carbocycles. The van der Waals surface area contributed by atoms with Crippen molar-refractivity contribution in [3.8, 4) is 0 Å². The molecule has 0 aliphatic rings. The van der Waals surface area contributed by atoms with E-state index < -0.39 is 11.2 Å². The molecule has 0 saturated carbocycles. The van der Waals surface area contributed by atoms with Crippen LogP contribution < -0.4 is 0 Å². The predicted octanol–water partition coefficient (Wildman–Crippen LogP) is 3.69. The minimum atomic E-state index is -0.421. The van der Waals surface area contributed by atoms with E-state index in [1.807, 2.05) is 41.5 Å². The van der Waals surface area contributed by atoms with Crippen molar-refractivity contribution in [1.82, 2.24) is 0 Å². The number of aliphatic hydroxyl groups excluding tert-OH is 1. The zero-order valence-corrected chi connectivity index (χ0v) is 22.6. The molecule has 9 nitrogen and oxygen atoms in total. The van der Waals surface area contributed by atoms with Gasteiger partial charge >= 0.3 is 11.9 Å². The summed E-state index contributed by atoms with van der Waals surface area (Å²) in [5.41, 5.74) is -0.817. The summed E-state index contributed by atoms with van der Waals surface area (Å²) in [5.74, 6) is -0.360. The van der Waals surface area contributed by atoms with Crippen LogP contribution >= 0.6 is 0 Å². The number of esters is 2.